The van der Waals surface area contributed by atoms with E-state index in [1.165, 1.54) is 0 Å². The van der Waals surface area contributed by atoms with Gasteiger partial charge in [-0.3, -0.25) is 4.72 Å². The van der Waals surface area contributed by atoms with E-state index in [1.54, 1.807) is 26.0 Å². The maximum Gasteiger partial charge on any atom is 0.267 e. The molecule has 1 N–H and O–H groups in total. The van der Waals surface area contributed by atoms with E-state index in [0.29, 0.717) is 11.4 Å². The van der Waals surface area contributed by atoms with Gasteiger partial charge in [-0.05, 0) is 38.1 Å². The Morgan fingerprint density at radius 1 is 1.08 bits per heavy atom. The Morgan fingerprint density at radius 3 is 2.50 bits per heavy atom. The molecule has 0 atom stereocenters. The highest BCUT2D eigenvalue weighted by Gasteiger charge is 2.24. The summed E-state index contributed by atoms with van der Waals surface area (Å²) < 4.78 is 34.5. The lowest BCUT2D eigenvalue weighted by atomic mass is 10.1. The minimum absolute atomic E-state index is 0.0712. The second-order valence-electron chi connectivity index (χ2n) is 5.93. The van der Waals surface area contributed by atoms with Gasteiger partial charge in [-0.25, -0.2) is 13.4 Å². The third kappa shape index (κ3) is 2.84. The highest BCUT2D eigenvalue weighted by atomic mass is 32.2. The number of pyridine rings is 1. The zero-order chi connectivity index (χ0) is 18.3. The number of sulfonamides is 1. The average Bonchev–Trinajstić information content (AvgIpc) is 3.18. The molecule has 0 unspecified atom stereocenters. The first-order chi connectivity index (χ1) is 12.4. The molecule has 8 heteroatoms. The van der Waals surface area contributed by atoms with Crippen molar-refractivity contribution < 1.29 is 12.9 Å². The molecule has 4 rings (SSSR count). The molecular weight excluding hydrogens is 352 g/mol. The number of nitrogens with zero attached hydrogens (tertiary/aromatic N) is 3. The molecule has 1 aromatic carbocycles. The SMILES string of the molecule is Cc1noc(C)c1S(=O)(=O)Nc1ccc(-c2cn3ccccc3n2)cc1. The molecule has 0 bridgehead atoms. The van der Waals surface area contributed by atoms with Crippen molar-refractivity contribution in [1.82, 2.24) is 14.5 Å². The number of nitrogens with one attached hydrogen (secondary N) is 1. The maximum atomic E-state index is 12.5. The van der Waals surface area contributed by atoms with Gasteiger partial charge in [0.15, 0.2) is 10.7 Å². The number of imidazole rings is 1. The fourth-order valence-corrected chi connectivity index (χ4v) is 4.24. The quantitative estimate of drug-likeness (QED) is 0.596. The standard InChI is InChI=1S/C18H16N4O3S/c1-12-18(13(2)25-20-12)26(23,24)21-15-8-6-14(7-9-15)16-11-22-10-4-3-5-17(22)19-16/h3-11,21H,1-2H3. The van der Waals surface area contributed by atoms with Gasteiger partial charge in [-0.1, -0.05) is 23.4 Å². The molecule has 0 aliphatic carbocycles. The van der Waals surface area contributed by atoms with Crippen molar-refractivity contribution in [2.24, 2.45) is 0 Å². The Kier molecular flexibility index (Phi) is 3.77. The third-order valence-electron chi connectivity index (χ3n) is 4.03. The van der Waals surface area contributed by atoms with Gasteiger partial charge >= 0.3 is 0 Å². The van der Waals surface area contributed by atoms with Crippen LogP contribution >= 0.6 is 0 Å². The van der Waals surface area contributed by atoms with E-state index >= 15 is 0 Å². The Bertz CT molecular complexity index is 1140. The predicted octanol–water partition coefficient (Wildman–Crippen LogP) is 3.41. The summed E-state index contributed by atoms with van der Waals surface area (Å²) in [5, 5.41) is 3.69. The lowest BCUT2D eigenvalue weighted by Crippen LogP contribution is -2.14. The van der Waals surface area contributed by atoms with Crippen LogP contribution in [0.15, 0.2) is 64.3 Å². The van der Waals surface area contributed by atoms with E-state index in [0.717, 1.165) is 16.9 Å². The molecule has 3 heterocycles. The van der Waals surface area contributed by atoms with E-state index in [1.807, 2.05) is 47.1 Å². The van der Waals surface area contributed by atoms with Crippen LogP contribution in [0, 0.1) is 13.8 Å². The molecule has 0 saturated heterocycles. The Morgan fingerprint density at radius 2 is 1.85 bits per heavy atom. The monoisotopic (exact) mass is 368 g/mol. The second-order valence-corrected chi connectivity index (χ2v) is 7.55. The molecule has 0 aliphatic heterocycles. The van der Waals surface area contributed by atoms with Gasteiger partial charge in [0.25, 0.3) is 10.0 Å². The second kappa shape index (κ2) is 5.99. The topological polar surface area (TPSA) is 89.5 Å². The Labute approximate surface area is 150 Å². The normalized spacial score (nSPS) is 11.8. The molecule has 0 amide bonds. The number of rotatable bonds is 4. The first kappa shape index (κ1) is 16.3. The van der Waals surface area contributed by atoms with Crippen LogP contribution in [0.5, 0.6) is 0 Å². The van der Waals surface area contributed by atoms with Gasteiger partial charge < -0.3 is 8.92 Å². The number of benzene rings is 1. The van der Waals surface area contributed by atoms with E-state index in [4.69, 9.17) is 4.52 Å². The number of anilines is 1. The largest absolute Gasteiger partial charge is 0.360 e. The number of hydrogen-bond donors (Lipinski definition) is 1. The van der Waals surface area contributed by atoms with E-state index in [-0.39, 0.29) is 10.7 Å². The molecule has 0 saturated carbocycles. The van der Waals surface area contributed by atoms with Crippen LogP contribution in [-0.4, -0.2) is 23.0 Å². The number of aryl methyl sites for hydroxylation is 2. The predicted molar refractivity (Wildman–Crippen MR) is 97.4 cm³/mol. The molecule has 26 heavy (non-hydrogen) atoms. The van der Waals surface area contributed by atoms with Crippen molar-refractivity contribution >= 4 is 21.4 Å². The molecule has 0 aliphatic rings. The van der Waals surface area contributed by atoms with E-state index in [2.05, 4.69) is 14.9 Å². The summed E-state index contributed by atoms with van der Waals surface area (Å²) in [4.78, 5) is 4.63. The van der Waals surface area contributed by atoms with Gasteiger partial charge in [0.05, 0.1) is 5.69 Å². The van der Waals surface area contributed by atoms with Crippen LogP contribution < -0.4 is 4.72 Å². The molecule has 3 aromatic heterocycles. The minimum atomic E-state index is -3.76. The fraction of sp³-hybridized carbons (Fsp3) is 0.111. The zero-order valence-corrected chi connectivity index (χ0v) is 15.0. The third-order valence-corrected chi connectivity index (χ3v) is 5.66. The minimum Gasteiger partial charge on any atom is -0.360 e. The lowest BCUT2D eigenvalue weighted by Gasteiger charge is -2.08. The number of fused-ring (bicyclic) bond motifs is 1. The summed E-state index contributed by atoms with van der Waals surface area (Å²) in [7, 11) is -3.76. The van der Waals surface area contributed by atoms with E-state index < -0.39 is 10.0 Å². The zero-order valence-electron chi connectivity index (χ0n) is 14.2. The summed E-state index contributed by atoms with van der Waals surface area (Å²) in [6.07, 6.45) is 3.86. The Balaban J connectivity index is 1.62. The first-order valence-corrected chi connectivity index (χ1v) is 9.42. The van der Waals surface area contributed by atoms with Crippen LogP contribution in [0.2, 0.25) is 0 Å². The van der Waals surface area contributed by atoms with Crippen molar-refractivity contribution in [1.29, 1.82) is 0 Å². The molecule has 0 fully saturated rings. The van der Waals surface area contributed by atoms with Crippen molar-refractivity contribution in [2.45, 2.75) is 18.7 Å². The smallest absolute Gasteiger partial charge is 0.267 e. The molecular formula is C18H16N4O3S. The van der Waals surface area contributed by atoms with Crippen LogP contribution in [0.3, 0.4) is 0 Å². The highest BCUT2D eigenvalue weighted by Crippen LogP contribution is 2.25. The molecule has 132 valence electrons. The van der Waals surface area contributed by atoms with Crippen molar-refractivity contribution in [2.75, 3.05) is 4.72 Å². The van der Waals surface area contributed by atoms with Gasteiger partial charge in [-0.2, -0.15) is 0 Å². The lowest BCUT2D eigenvalue weighted by molar-refractivity contribution is 0.390. The van der Waals surface area contributed by atoms with Crippen LogP contribution in [0.4, 0.5) is 5.69 Å². The summed E-state index contributed by atoms with van der Waals surface area (Å²) in [6.45, 7) is 3.17. The molecule has 0 radical (unpaired) electrons. The van der Waals surface area contributed by atoms with Crippen LogP contribution in [-0.2, 0) is 10.0 Å². The van der Waals surface area contributed by atoms with Crippen LogP contribution in [0.25, 0.3) is 16.9 Å². The average molecular weight is 368 g/mol. The van der Waals surface area contributed by atoms with Crippen molar-refractivity contribution in [3.05, 3.63) is 66.3 Å². The number of aromatic nitrogens is 3. The van der Waals surface area contributed by atoms with E-state index in [9.17, 15) is 8.42 Å². The molecule has 7 nitrogen and oxygen atoms in total. The molecule has 0 spiro atoms. The Hall–Kier alpha value is -3.13. The number of hydrogen-bond acceptors (Lipinski definition) is 5. The molecule has 4 aromatic rings. The van der Waals surface area contributed by atoms with Gasteiger partial charge in [-0.15, -0.1) is 0 Å². The summed E-state index contributed by atoms with van der Waals surface area (Å²) >= 11 is 0. The van der Waals surface area contributed by atoms with Gasteiger partial charge in [0.1, 0.15) is 11.3 Å². The maximum absolute atomic E-state index is 12.5. The summed E-state index contributed by atoms with van der Waals surface area (Å²) in [5.74, 6) is 0.260. The summed E-state index contributed by atoms with van der Waals surface area (Å²) in [6, 6.07) is 12.9. The first-order valence-electron chi connectivity index (χ1n) is 7.94. The van der Waals surface area contributed by atoms with Gasteiger partial charge in [0.2, 0.25) is 0 Å². The fourth-order valence-electron chi connectivity index (χ4n) is 2.85. The van der Waals surface area contributed by atoms with Crippen LogP contribution in [0.1, 0.15) is 11.5 Å². The van der Waals surface area contributed by atoms with Gasteiger partial charge in [0, 0.05) is 23.6 Å². The summed E-state index contributed by atoms with van der Waals surface area (Å²) in [5.41, 5.74) is 3.35. The highest BCUT2D eigenvalue weighted by molar-refractivity contribution is 7.92. The van der Waals surface area contributed by atoms with Crippen molar-refractivity contribution in [3.63, 3.8) is 0 Å². The van der Waals surface area contributed by atoms with Crippen molar-refractivity contribution in [3.8, 4) is 11.3 Å².